The van der Waals surface area contributed by atoms with Crippen molar-refractivity contribution < 1.29 is 31.1 Å². The maximum absolute atomic E-state index is 13.1. The molecule has 1 atom stereocenters. The van der Waals surface area contributed by atoms with E-state index < -0.39 is 38.7 Å². The number of benzene rings is 1. The van der Waals surface area contributed by atoms with Gasteiger partial charge in [-0.15, -0.1) is 0 Å². The van der Waals surface area contributed by atoms with E-state index >= 15 is 0 Å². The lowest BCUT2D eigenvalue weighted by Gasteiger charge is -2.20. The lowest BCUT2D eigenvalue weighted by atomic mass is 10.1. The highest BCUT2D eigenvalue weighted by Gasteiger charge is 2.38. The third kappa shape index (κ3) is 5.35. The molecule has 1 aromatic carbocycles. The zero-order chi connectivity index (χ0) is 18.7. The lowest BCUT2D eigenvalue weighted by molar-refractivity contribution is -0.143. The van der Waals surface area contributed by atoms with E-state index in [2.05, 4.69) is 4.74 Å². The molecule has 0 aliphatic heterocycles. The second-order valence-electron chi connectivity index (χ2n) is 5.46. The Morgan fingerprint density at radius 3 is 2.38 bits per heavy atom. The van der Waals surface area contributed by atoms with Gasteiger partial charge >= 0.3 is 12.1 Å². The van der Waals surface area contributed by atoms with Crippen LogP contribution in [-0.2, 0) is 25.7 Å². The van der Waals surface area contributed by atoms with Crippen LogP contribution in [0.2, 0.25) is 5.02 Å². The molecule has 0 bridgehead atoms. The number of hydrogen-bond donors (Lipinski definition) is 1. The Bertz CT molecular complexity index is 704. The van der Waals surface area contributed by atoms with Crippen molar-refractivity contribution >= 4 is 27.6 Å². The van der Waals surface area contributed by atoms with Crippen molar-refractivity contribution in [1.29, 1.82) is 0 Å². The molecule has 1 rings (SSSR count). The van der Waals surface area contributed by atoms with Crippen LogP contribution < -0.4 is 4.72 Å². The molecule has 0 aliphatic rings. The van der Waals surface area contributed by atoms with Gasteiger partial charge in [0.05, 0.1) is 17.6 Å². The third-order valence-corrected chi connectivity index (χ3v) is 4.79. The minimum absolute atomic E-state index is 0.0703. The Morgan fingerprint density at radius 2 is 1.92 bits per heavy atom. The standard InChI is InChI=1S/C14H17ClF3NO4S/c1-8(2)6-11(13(20)23-3)19-24(21,22)12-5-4-9(15)7-10(12)14(16,17)18/h4-5,7-8,11,19H,6H2,1-3H3/t11-/m1/s1. The van der Waals surface area contributed by atoms with Crippen molar-refractivity contribution in [3.8, 4) is 0 Å². The summed E-state index contributed by atoms with van der Waals surface area (Å²) in [6.07, 6.45) is -4.85. The molecule has 0 spiro atoms. The van der Waals surface area contributed by atoms with Crippen molar-refractivity contribution in [2.24, 2.45) is 5.92 Å². The van der Waals surface area contributed by atoms with Crippen molar-refractivity contribution in [3.05, 3.63) is 28.8 Å². The largest absolute Gasteiger partial charge is 0.468 e. The predicted octanol–water partition coefficient (Wildman–Crippen LogP) is 3.22. The maximum atomic E-state index is 13.1. The molecule has 1 aromatic rings. The Kier molecular flexibility index (Phi) is 6.66. The second kappa shape index (κ2) is 7.71. The number of alkyl halides is 3. The summed E-state index contributed by atoms with van der Waals surface area (Å²) < 4.78 is 70.5. The molecule has 0 saturated carbocycles. The fraction of sp³-hybridized carbons (Fsp3) is 0.500. The van der Waals surface area contributed by atoms with Crippen molar-refractivity contribution in [1.82, 2.24) is 4.72 Å². The highest BCUT2D eigenvalue weighted by molar-refractivity contribution is 7.89. The molecule has 24 heavy (non-hydrogen) atoms. The van der Waals surface area contributed by atoms with E-state index in [0.29, 0.717) is 6.07 Å². The summed E-state index contributed by atoms with van der Waals surface area (Å²) in [5.41, 5.74) is -1.41. The van der Waals surface area contributed by atoms with Gasteiger partial charge in [-0.25, -0.2) is 8.42 Å². The number of halogens is 4. The van der Waals surface area contributed by atoms with Gasteiger partial charge in [0.15, 0.2) is 0 Å². The van der Waals surface area contributed by atoms with Crippen LogP contribution >= 0.6 is 11.6 Å². The van der Waals surface area contributed by atoms with Gasteiger partial charge in [-0.2, -0.15) is 17.9 Å². The number of hydrogen-bond acceptors (Lipinski definition) is 4. The number of carbonyl (C=O) groups is 1. The first kappa shape index (κ1) is 20.7. The molecule has 10 heteroatoms. The molecule has 0 fully saturated rings. The molecule has 5 nitrogen and oxygen atoms in total. The zero-order valence-corrected chi connectivity index (χ0v) is 14.7. The lowest BCUT2D eigenvalue weighted by Crippen LogP contribution is -2.42. The first-order valence-electron chi connectivity index (χ1n) is 6.85. The topological polar surface area (TPSA) is 72.5 Å². The fourth-order valence-electron chi connectivity index (χ4n) is 2.01. The molecule has 1 N–H and O–H groups in total. The molecule has 0 amide bonds. The smallest absolute Gasteiger partial charge is 0.417 e. The van der Waals surface area contributed by atoms with Crippen LogP contribution in [0, 0.1) is 5.92 Å². The van der Waals surface area contributed by atoms with Crippen molar-refractivity contribution in [2.45, 2.75) is 37.4 Å². The first-order chi connectivity index (χ1) is 10.9. The SMILES string of the molecule is COC(=O)[C@@H](CC(C)C)NS(=O)(=O)c1ccc(Cl)cc1C(F)(F)F. The Hall–Kier alpha value is -1.32. The fourth-order valence-corrected chi connectivity index (χ4v) is 3.59. The van der Waals surface area contributed by atoms with Crippen molar-refractivity contribution in [2.75, 3.05) is 7.11 Å². The van der Waals surface area contributed by atoms with E-state index in [-0.39, 0.29) is 17.4 Å². The van der Waals surface area contributed by atoms with Crippen LogP contribution in [0.25, 0.3) is 0 Å². The normalized spacial score (nSPS) is 13.8. The Labute approximate surface area is 143 Å². The predicted molar refractivity (Wildman–Crippen MR) is 82.0 cm³/mol. The molecular formula is C14H17ClF3NO4S. The van der Waals surface area contributed by atoms with Crippen LogP contribution in [0.1, 0.15) is 25.8 Å². The number of methoxy groups -OCH3 is 1. The van der Waals surface area contributed by atoms with E-state index in [9.17, 15) is 26.4 Å². The van der Waals surface area contributed by atoms with Crippen LogP contribution in [0.15, 0.2) is 23.1 Å². The summed E-state index contributed by atoms with van der Waals surface area (Å²) in [6, 6.07) is 1.00. The van der Waals surface area contributed by atoms with Gasteiger partial charge in [-0.05, 0) is 30.5 Å². The van der Waals surface area contributed by atoms with Crippen LogP contribution in [0.5, 0.6) is 0 Å². The summed E-state index contributed by atoms with van der Waals surface area (Å²) in [5.74, 6) is -0.973. The number of rotatable bonds is 6. The summed E-state index contributed by atoms with van der Waals surface area (Å²) in [7, 11) is -3.56. The van der Waals surface area contributed by atoms with Crippen molar-refractivity contribution in [3.63, 3.8) is 0 Å². The maximum Gasteiger partial charge on any atom is 0.417 e. The van der Waals surface area contributed by atoms with E-state index in [1.807, 2.05) is 4.72 Å². The number of esters is 1. The number of nitrogens with one attached hydrogen (secondary N) is 1. The number of sulfonamides is 1. The van der Waals surface area contributed by atoms with E-state index in [4.69, 9.17) is 11.6 Å². The van der Waals surface area contributed by atoms with Gasteiger partial charge in [0.1, 0.15) is 6.04 Å². The average Bonchev–Trinajstić information content (AvgIpc) is 2.43. The molecule has 0 aromatic heterocycles. The van der Waals surface area contributed by atoms with Gasteiger partial charge in [-0.3, -0.25) is 4.79 Å². The molecule has 136 valence electrons. The highest BCUT2D eigenvalue weighted by atomic mass is 35.5. The number of ether oxygens (including phenoxy) is 1. The molecule has 0 unspecified atom stereocenters. The van der Waals surface area contributed by atoms with E-state index in [1.165, 1.54) is 0 Å². The second-order valence-corrected chi connectivity index (χ2v) is 7.58. The summed E-state index contributed by atoms with van der Waals surface area (Å²) >= 11 is 5.53. The summed E-state index contributed by atoms with van der Waals surface area (Å²) in [6.45, 7) is 3.46. The van der Waals surface area contributed by atoms with Gasteiger partial charge in [0.2, 0.25) is 10.0 Å². The summed E-state index contributed by atoms with van der Waals surface area (Å²) in [4.78, 5) is 10.7. The molecule has 0 radical (unpaired) electrons. The highest BCUT2D eigenvalue weighted by Crippen LogP contribution is 2.35. The van der Waals surface area contributed by atoms with Gasteiger partial charge in [0.25, 0.3) is 0 Å². The van der Waals surface area contributed by atoms with Crippen LogP contribution in [0.4, 0.5) is 13.2 Å². The van der Waals surface area contributed by atoms with Gasteiger partial charge < -0.3 is 4.74 Å². The van der Waals surface area contributed by atoms with Crippen LogP contribution in [-0.4, -0.2) is 27.5 Å². The third-order valence-electron chi connectivity index (χ3n) is 3.03. The minimum Gasteiger partial charge on any atom is -0.468 e. The Balaban J connectivity index is 3.31. The van der Waals surface area contributed by atoms with E-state index in [0.717, 1.165) is 19.2 Å². The molecule has 0 heterocycles. The quantitative estimate of drug-likeness (QED) is 0.761. The molecule has 0 aliphatic carbocycles. The minimum atomic E-state index is -4.92. The average molecular weight is 388 g/mol. The Morgan fingerprint density at radius 1 is 1.33 bits per heavy atom. The monoisotopic (exact) mass is 387 g/mol. The van der Waals surface area contributed by atoms with Gasteiger partial charge in [0, 0.05) is 5.02 Å². The molecule has 0 saturated heterocycles. The van der Waals surface area contributed by atoms with Crippen LogP contribution in [0.3, 0.4) is 0 Å². The number of carbonyl (C=O) groups excluding carboxylic acids is 1. The zero-order valence-electron chi connectivity index (χ0n) is 13.1. The first-order valence-corrected chi connectivity index (χ1v) is 8.71. The van der Waals surface area contributed by atoms with Gasteiger partial charge in [-0.1, -0.05) is 25.4 Å². The summed E-state index contributed by atoms with van der Waals surface area (Å²) in [5, 5.41) is -0.257. The molecular weight excluding hydrogens is 371 g/mol. The van der Waals surface area contributed by atoms with E-state index in [1.54, 1.807) is 13.8 Å².